The van der Waals surface area contributed by atoms with Gasteiger partial charge in [0.25, 0.3) is 0 Å². The summed E-state index contributed by atoms with van der Waals surface area (Å²) in [5, 5.41) is 0.734. The lowest BCUT2D eigenvalue weighted by molar-refractivity contribution is -0.135. The van der Waals surface area contributed by atoms with Gasteiger partial charge in [-0.05, 0) is 45.6 Å². The minimum atomic E-state index is 0.298. The van der Waals surface area contributed by atoms with Crippen molar-refractivity contribution in [2.45, 2.75) is 95.3 Å². The predicted octanol–water partition coefficient (Wildman–Crippen LogP) is 4.68. The van der Waals surface area contributed by atoms with E-state index in [1.54, 1.807) is 0 Å². The third kappa shape index (κ3) is 5.19. The van der Waals surface area contributed by atoms with Crippen LogP contribution < -0.4 is 0 Å². The Morgan fingerprint density at radius 2 is 1.44 bits per heavy atom. The van der Waals surface area contributed by atoms with Crippen molar-refractivity contribution in [3.63, 3.8) is 0 Å². The van der Waals surface area contributed by atoms with Gasteiger partial charge in [-0.3, -0.25) is 4.79 Å². The minimum absolute atomic E-state index is 0.298. The Labute approximate surface area is 156 Å². The molecule has 0 aliphatic heterocycles. The Morgan fingerprint density at radius 1 is 0.960 bits per heavy atom. The fourth-order valence-corrected chi connectivity index (χ4v) is 5.20. The zero-order valence-corrected chi connectivity index (χ0v) is 16.5. The molecule has 2 aliphatic rings. The number of carbonyl (C=O) groups excluding carboxylic acids is 1. The van der Waals surface area contributed by atoms with E-state index in [1.165, 1.54) is 76.0 Å². The summed E-state index contributed by atoms with van der Waals surface area (Å²) in [6.45, 7) is 3.97. The first kappa shape index (κ1) is 18.7. The second kappa shape index (κ2) is 9.02. The second-order valence-electron chi connectivity index (χ2n) is 7.61. The highest BCUT2D eigenvalue weighted by Gasteiger charge is 2.32. The number of thioether (sulfide) groups is 1. The number of aromatic nitrogens is 2. The Hall–Kier alpha value is -1.10. The fourth-order valence-electron chi connectivity index (χ4n) is 4.38. The van der Waals surface area contributed by atoms with Crippen LogP contribution in [0.4, 0.5) is 0 Å². The van der Waals surface area contributed by atoms with Crippen LogP contribution in [0.2, 0.25) is 0 Å². The van der Waals surface area contributed by atoms with Crippen molar-refractivity contribution in [3.05, 3.63) is 17.5 Å². The van der Waals surface area contributed by atoms with Crippen LogP contribution in [0.15, 0.2) is 11.2 Å². The van der Waals surface area contributed by atoms with E-state index in [0.717, 1.165) is 16.5 Å². The molecule has 1 heterocycles. The summed E-state index contributed by atoms with van der Waals surface area (Å²) in [6.07, 6.45) is 12.5. The van der Waals surface area contributed by atoms with Gasteiger partial charge in [0, 0.05) is 23.5 Å². The molecule has 5 heteroatoms. The van der Waals surface area contributed by atoms with E-state index in [9.17, 15) is 4.79 Å². The van der Waals surface area contributed by atoms with E-state index in [1.807, 2.05) is 19.9 Å². The van der Waals surface area contributed by atoms with E-state index < -0.39 is 0 Å². The molecule has 2 aliphatic carbocycles. The monoisotopic (exact) mass is 361 g/mol. The zero-order valence-electron chi connectivity index (χ0n) is 15.7. The van der Waals surface area contributed by atoms with E-state index in [2.05, 4.69) is 14.9 Å². The van der Waals surface area contributed by atoms with Crippen molar-refractivity contribution >= 4 is 17.7 Å². The molecule has 0 atom stereocenters. The van der Waals surface area contributed by atoms with Crippen molar-refractivity contribution in [2.24, 2.45) is 0 Å². The summed E-state index contributed by atoms with van der Waals surface area (Å²) < 4.78 is 0. The number of aryl methyl sites for hydroxylation is 2. The van der Waals surface area contributed by atoms with Crippen LogP contribution in [-0.4, -0.2) is 38.6 Å². The molecule has 1 aromatic rings. The first-order chi connectivity index (χ1) is 12.1. The van der Waals surface area contributed by atoms with Crippen molar-refractivity contribution in [3.8, 4) is 0 Å². The quantitative estimate of drug-likeness (QED) is 0.564. The van der Waals surface area contributed by atoms with Gasteiger partial charge < -0.3 is 4.90 Å². The van der Waals surface area contributed by atoms with Gasteiger partial charge in [-0.25, -0.2) is 9.97 Å². The molecule has 3 rings (SSSR count). The highest BCUT2D eigenvalue weighted by molar-refractivity contribution is 7.99. The molecule has 25 heavy (non-hydrogen) atoms. The molecule has 0 bridgehead atoms. The lowest BCUT2D eigenvalue weighted by Crippen LogP contribution is -2.49. The molecule has 0 aromatic carbocycles. The Bertz CT molecular complexity index is 542. The number of rotatable bonds is 5. The van der Waals surface area contributed by atoms with Gasteiger partial charge in [-0.15, -0.1) is 0 Å². The summed E-state index contributed by atoms with van der Waals surface area (Å²) in [5.41, 5.74) is 1.94. The normalized spacial score (nSPS) is 19.8. The summed E-state index contributed by atoms with van der Waals surface area (Å²) in [4.78, 5) is 24.4. The van der Waals surface area contributed by atoms with Gasteiger partial charge in [0.05, 0.1) is 5.75 Å². The Kier molecular flexibility index (Phi) is 6.74. The molecule has 1 aromatic heterocycles. The molecule has 0 radical (unpaired) electrons. The van der Waals surface area contributed by atoms with Crippen LogP contribution in [-0.2, 0) is 4.79 Å². The lowest BCUT2D eigenvalue weighted by Gasteiger charge is -2.41. The molecule has 0 saturated heterocycles. The van der Waals surface area contributed by atoms with Crippen molar-refractivity contribution in [2.75, 3.05) is 5.75 Å². The molecule has 0 spiro atoms. The number of amides is 1. The van der Waals surface area contributed by atoms with Gasteiger partial charge in [0.2, 0.25) is 5.91 Å². The highest BCUT2D eigenvalue weighted by atomic mass is 32.2. The average Bonchev–Trinajstić information content (AvgIpc) is 2.61. The van der Waals surface area contributed by atoms with Crippen LogP contribution >= 0.6 is 11.8 Å². The Morgan fingerprint density at radius 3 is 1.92 bits per heavy atom. The maximum atomic E-state index is 13.1. The molecule has 0 N–H and O–H groups in total. The molecule has 2 saturated carbocycles. The van der Waals surface area contributed by atoms with Gasteiger partial charge in [-0.2, -0.15) is 0 Å². The third-order valence-corrected chi connectivity index (χ3v) is 6.34. The fraction of sp³-hybridized carbons (Fsp3) is 0.750. The maximum Gasteiger partial charge on any atom is 0.233 e. The van der Waals surface area contributed by atoms with E-state index >= 15 is 0 Å². The molecular weight excluding hydrogens is 330 g/mol. The van der Waals surface area contributed by atoms with E-state index in [0.29, 0.717) is 23.7 Å². The Balaban J connectivity index is 1.67. The van der Waals surface area contributed by atoms with Crippen LogP contribution in [0, 0.1) is 13.8 Å². The number of carbonyl (C=O) groups is 1. The molecule has 4 nitrogen and oxygen atoms in total. The predicted molar refractivity (Wildman–Crippen MR) is 103 cm³/mol. The number of nitrogens with zero attached hydrogens (tertiary/aromatic N) is 3. The first-order valence-corrected chi connectivity index (χ1v) is 10.9. The van der Waals surface area contributed by atoms with Crippen LogP contribution in [0.1, 0.15) is 75.6 Å². The second-order valence-corrected chi connectivity index (χ2v) is 8.55. The molecule has 0 unspecified atom stereocenters. The van der Waals surface area contributed by atoms with Gasteiger partial charge >= 0.3 is 0 Å². The summed E-state index contributed by atoms with van der Waals surface area (Å²) in [6, 6.07) is 2.90. The summed E-state index contributed by atoms with van der Waals surface area (Å²) >= 11 is 1.50. The third-order valence-electron chi connectivity index (χ3n) is 5.51. The number of hydrogen-bond acceptors (Lipinski definition) is 4. The topological polar surface area (TPSA) is 46.1 Å². The van der Waals surface area contributed by atoms with Crippen LogP contribution in [0.3, 0.4) is 0 Å². The average molecular weight is 362 g/mol. The van der Waals surface area contributed by atoms with Crippen molar-refractivity contribution in [1.82, 2.24) is 14.9 Å². The summed E-state index contributed by atoms with van der Waals surface area (Å²) in [5.74, 6) is 0.766. The summed E-state index contributed by atoms with van der Waals surface area (Å²) in [7, 11) is 0. The zero-order chi connectivity index (χ0) is 17.6. The van der Waals surface area contributed by atoms with Crippen molar-refractivity contribution in [1.29, 1.82) is 0 Å². The molecular formula is C20H31N3OS. The van der Waals surface area contributed by atoms with Crippen LogP contribution in [0.5, 0.6) is 0 Å². The molecule has 1 amide bonds. The lowest BCUT2D eigenvalue weighted by atomic mass is 9.88. The standard InChI is InChI=1S/C20H31N3OS/c1-15-13-16(2)22-20(21-15)25-14-19(24)23(17-9-5-3-6-10-17)18-11-7-4-8-12-18/h13,17-18H,3-12,14H2,1-2H3. The highest BCUT2D eigenvalue weighted by Crippen LogP contribution is 2.31. The largest absolute Gasteiger partial charge is 0.336 e. The number of hydrogen-bond donors (Lipinski definition) is 0. The van der Waals surface area contributed by atoms with Crippen LogP contribution in [0.25, 0.3) is 0 Å². The molecule has 138 valence electrons. The van der Waals surface area contributed by atoms with Gasteiger partial charge in [0.1, 0.15) is 0 Å². The SMILES string of the molecule is Cc1cc(C)nc(SCC(=O)N(C2CCCCC2)C2CCCCC2)n1. The maximum absolute atomic E-state index is 13.1. The van der Waals surface area contributed by atoms with Crippen molar-refractivity contribution < 1.29 is 4.79 Å². The minimum Gasteiger partial charge on any atom is -0.336 e. The van der Waals surface area contributed by atoms with E-state index in [-0.39, 0.29) is 0 Å². The van der Waals surface area contributed by atoms with Gasteiger partial charge in [-0.1, -0.05) is 50.3 Å². The first-order valence-electron chi connectivity index (χ1n) is 9.90. The van der Waals surface area contributed by atoms with Gasteiger partial charge in [0.15, 0.2) is 5.16 Å². The molecule has 2 fully saturated rings. The smallest absolute Gasteiger partial charge is 0.233 e. The van der Waals surface area contributed by atoms with E-state index in [4.69, 9.17) is 0 Å².